The number of hydrogen-bond acceptors (Lipinski definition) is 2. The van der Waals surface area contributed by atoms with Gasteiger partial charge in [0, 0.05) is 17.2 Å². The fraction of sp³-hybridized carbons (Fsp3) is 0.133. The topological polar surface area (TPSA) is 26.3 Å². The number of rotatable bonds is 4. The zero-order chi connectivity index (χ0) is 15.6. The fourth-order valence-corrected chi connectivity index (χ4v) is 2.47. The summed E-state index contributed by atoms with van der Waals surface area (Å²) in [7, 11) is 0. The highest BCUT2D eigenvalue weighted by atomic mass is 79.9. The van der Waals surface area contributed by atoms with E-state index in [1.165, 1.54) is 24.3 Å². The molecule has 0 aliphatic carbocycles. The van der Waals surface area contributed by atoms with Gasteiger partial charge < -0.3 is 4.74 Å². The van der Waals surface area contributed by atoms with E-state index in [1.807, 2.05) is 6.92 Å². The first-order valence-electron chi connectivity index (χ1n) is 6.05. The van der Waals surface area contributed by atoms with Gasteiger partial charge in [-0.2, -0.15) is 0 Å². The number of ketones is 1. The van der Waals surface area contributed by atoms with Crippen molar-refractivity contribution in [2.45, 2.75) is 6.92 Å². The second-order valence-electron chi connectivity index (χ2n) is 4.15. The van der Waals surface area contributed by atoms with Crippen LogP contribution in [0.1, 0.15) is 22.8 Å². The maximum Gasteiger partial charge on any atom is 0.194 e. The maximum atomic E-state index is 13.5. The van der Waals surface area contributed by atoms with E-state index >= 15 is 0 Å². The third-order valence-corrected chi connectivity index (χ3v) is 4.00. The summed E-state index contributed by atoms with van der Waals surface area (Å²) in [4.78, 5) is 12.4. The largest absolute Gasteiger partial charge is 0.492 e. The summed E-state index contributed by atoms with van der Waals surface area (Å²) >= 11 is 15.2. The lowest BCUT2D eigenvalue weighted by atomic mass is 10.0. The van der Waals surface area contributed by atoms with Gasteiger partial charge >= 0.3 is 0 Å². The molecule has 0 spiro atoms. The summed E-state index contributed by atoms with van der Waals surface area (Å²) in [6.07, 6.45) is 0. The predicted octanol–water partition coefficient (Wildman–Crippen LogP) is 5.52. The number of benzene rings is 2. The number of ether oxygens (including phenoxy) is 1. The van der Waals surface area contributed by atoms with Crippen LogP contribution in [0.25, 0.3) is 0 Å². The van der Waals surface area contributed by atoms with Crippen molar-refractivity contribution in [1.29, 1.82) is 0 Å². The van der Waals surface area contributed by atoms with Crippen LogP contribution in [0, 0.1) is 5.82 Å². The standard InChI is InChI=1S/C15H10BrCl2FO2/c1-2-21-14-7-11(17)9(6-12(14)18)15(20)8-3-4-10(16)13(19)5-8/h3-7H,2H2,1H3. The lowest BCUT2D eigenvalue weighted by Crippen LogP contribution is -2.04. The van der Waals surface area contributed by atoms with Crippen molar-refractivity contribution in [2.75, 3.05) is 6.61 Å². The molecule has 0 aliphatic rings. The molecular weight excluding hydrogens is 382 g/mol. The molecule has 0 saturated heterocycles. The van der Waals surface area contributed by atoms with Gasteiger partial charge in [-0.25, -0.2) is 4.39 Å². The predicted molar refractivity (Wildman–Crippen MR) is 85.2 cm³/mol. The van der Waals surface area contributed by atoms with Crippen LogP contribution in [0.2, 0.25) is 10.0 Å². The molecule has 0 bridgehead atoms. The van der Waals surface area contributed by atoms with Gasteiger partial charge in [-0.15, -0.1) is 0 Å². The highest BCUT2D eigenvalue weighted by molar-refractivity contribution is 9.10. The van der Waals surface area contributed by atoms with Gasteiger partial charge in [0.25, 0.3) is 0 Å². The molecule has 2 rings (SSSR count). The normalized spacial score (nSPS) is 10.5. The van der Waals surface area contributed by atoms with Crippen LogP contribution in [-0.2, 0) is 0 Å². The van der Waals surface area contributed by atoms with Gasteiger partial charge in [-0.05, 0) is 47.1 Å². The first-order chi connectivity index (χ1) is 9.93. The Morgan fingerprint density at radius 1 is 1.24 bits per heavy atom. The summed E-state index contributed by atoms with van der Waals surface area (Å²) in [5, 5.41) is 0.485. The van der Waals surface area contributed by atoms with Crippen LogP contribution in [0.3, 0.4) is 0 Å². The van der Waals surface area contributed by atoms with Gasteiger partial charge in [0.15, 0.2) is 5.78 Å². The molecule has 2 aromatic carbocycles. The van der Waals surface area contributed by atoms with E-state index in [9.17, 15) is 9.18 Å². The Bertz CT molecular complexity index is 704. The second-order valence-corrected chi connectivity index (χ2v) is 5.82. The van der Waals surface area contributed by atoms with Crippen molar-refractivity contribution in [3.8, 4) is 5.75 Å². The minimum absolute atomic E-state index is 0.192. The van der Waals surface area contributed by atoms with E-state index in [0.29, 0.717) is 12.4 Å². The zero-order valence-electron chi connectivity index (χ0n) is 10.9. The highest BCUT2D eigenvalue weighted by Crippen LogP contribution is 2.32. The highest BCUT2D eigenvalue weighted by Gasteiger charge is 2.17. The van der Waals surface area contributed by atoms with Gasteiger partial charge in [0.2, 0.25) is 0 Å². The van der Waals surface area contributed by atoms with Crippen LogP contribution in [0.4, 0.5) is 4.39 Å². The Labute approximate surface area is 139 Å². The maximum absolute atomic E-state index is 13.5. The van der Waals surface area contributed by atoms with Gasteiger partial charge in [0.1, 0.15) is 11.6 Å². The van der Waals surface area contributed by atoms with Crippen LogP contribution in [-0.4, -0.2) is 12.4 Å². The molecule has 0 atom stereocenters. The summed E-state index contributed by atoms with van der Waals surface area (Å²) in [5.74, 6) is -0.520. The minimum atomic E-state index is -0.519. The number of carbonyl (C=O) groups excluding carboxylic acids is 1. The molecule has 0 fully saturated rings. The number of halogens is 4. The van der Waals surface area contributed by atoms with Crippen molar-refractivity contribution in [2.24, 2.45) is 0 Å². The molecule has 0 heterocycles. The first kappa shape index (κ1) is 16.3. The summed E-state index contributed by atoms with van der Waals surface area (Å²) in [6, 6.07) is 7.03. The third-order valence-electron chi connectivity index (χ3n) is 2.75. The van der Waals surface area contributed by atoms with Gasteiger partial charge in [0.05, 0.1) is 21.1 Å². The quantitative estimate of drug-likeness (QED) is 0.641. The van der Waals surface area contributed by atoms with Gasteiger partial charge in [-0.3, -0.25) is 4.79 Å². The molecule has 0 amide bonds. The molecule has 0 aliphatic heterocycles. The van der Waals surface area contributed by atoms with Crippen LogP contribution in [0.5, 0.6) is 5.75 Å². The monoisotopic (exact) mass is 390 g/mol. The van der Waals surface area contributed by atoms with Crippen LogP contribution < -0.4 is 4.74 Å². The second kappa shape index (κ2) is 6.77. The summed E-state index contributed by atoms with van der Waals surface area (Å²) in [5.41, 5.74) is 0.393. The average molecular weight is 392 g/mol. The molecule has 0 radical (unpaired) electrons. The van der Waals surface area contributed by atoms with E-state index in [-0.39, 0.29) is 25.6 Å². The minimum Gasteiger partial charge on any atom is -0.492 e. The number of hydrogen-bond donors (Lipinski definition) is 0. The molecule has 0 saturated carbocycles. The molecule has 2 nitrogen and oxygen atoms in total. The van der Waals surface area contributed by atoms with Crippen molar-refractivity contribution >= 4 is 44.9 Å². The van der Waals surface area contributed by atoms with E-state index in [0.717, 1.165) is 6.07 Å². The number of carbonyl (C=O) groups is 1. The molecule has 110 valence electrons. The van der Waals surface area contributed by atoms with Gasteiger partial charge in [-0.1, -0.05) is 23.2 Å². The smallest absolute Gasteiger partial charge is 0.194 e. The molecule has 6 heteroatoms. The molecule has 0 N–H and O–H groups in total. The molecule has 21 heavy (non-hydrogen) atoms. The van der Waals surface area contributed by atoms with Crippen molar-refractivity contribution in [3.05, 3.63) is 61.8 Å². The van der Waals surface area contributed by atoms with E-state index in [4.69, 9.17) is 27.9 Å². The zero-order valence-corrected chi connectivity index (χ0v) is 14.0. The van der Waals surface area contributed by atoms with Crippen molar-refractivity contribution in [1.82, 2.24) is 0 Å². The van der Waals surface area contributed by atoms with E-state index < -0.39 is 11.6 Å². The Morgan fingerprint density at radius 2 is 1.95 bits per heavy atom. The first-order valence-corrected chi connectivity index (χ1v) is 7.60. The molecule has 0 unspecified atom stereocenters. The fourth-order valence-electron chi connectivity index (χ4n) is 1.76. The molecular formula is C15H10BrCl2FO2. The van der Waals surface area contributed by atoms with Crippen LogP contribution >= 0.6 is 39.1 Å². The Hall–Kier alpha value is -1.10. The Kier molecular flexibility index (Phi) is 5.25. The Morgan fingerprint density at radius 3 is 2.57 bits per heavy atom. The SMILES string of the molecule is CCOc1cc(Cl)c(C(=O)c2ccc(Br)c(F)c2)cc1Cl. The summed E-state index contributed by atoms with van der Waals surface area (Å²) < 4.78 is 19.1. The lowest BCUT2D eigenvalue weighted by molar-refractivity contribution is 0.103. The van der Waals surface area contributed by atoms with Crippen molar-refractivity contribution in [3.63, 3.8) is 0 Å². The summed E-state index contributed by atoms with van der Waals surface area (Å²) in [6.45, 7) is 2.25. The molecule has 2 aromatic rings. The van der Waals surface area contributed by atoms with Crippen LogP contribution in [0.15, 0.2) is 34.8 Å². The van der Waals surface area contributed by atoms with E-state index in [1.54, 1.807) is 0 Å². The third kappa shape index (κ3) is 3.57. The van der Waals surface area contributed by atoms with E-state index in [2.05, 4.69) is 15.9 Å². The lowest BCUT2D eigenvalue weighted by Gasteiger charge is -2.10. The average Bonchev–Trinajstić information content (AvgIpc) is 2.45. The van der Waals surface area contributed by atoms with Crippen molar-refractivity contribution < 1.29 is 13.9 Å². The Balaban J connectivity index is 2.43. The molecule has 0 aromatic heterocycles.